The van der Waals surface area contributed by atoms with Gasteiger partial charge in [0, 0.05) is 5.69 Å². The topological polar surface area (TPSA) is 67.8 Å². The Morgan fingerprint density at radius 1 is 0.926 bits per heavy atom. The standard InChI is InChI=1S/C21H22NO4P/c1-25-20-14-12-18(13-15-20)21(22-19-10-6-3-7-11-19)27(23,24)26-16-17-8-4-2-5-9-17/h2-15,21-22H,16H2,1H3,(H,23,24). The summed E-state index contributed by atoms with van der Waals surface area (Å²) in [6.45, 7) is 0.0533. The molecular formula is C21H22NO4P. The van der Waals surface area contributed by atoms with E-state index in [1.807, 2.05) is 60.7 Å². The van der Waals surface area contributed by atoms with Crippen molar-refractivity contribution in [2.45, 2.75) is 12.4 Å². The second kappa shape index (κ2) is 8.87. The lowest BCUT2D eigenvalue weighted by atomic mass is 10.2. The Hall–Kier alpha value is -2.59. The van der Waals surface area contributed by atoms with Crippen LogP contribution in [0.2, 0.25) is 0 Å². The molecular weight excluding hydrogens is 361 g/mol. The van der Waals surface area contributed by atoms with Gasteiger partial charge in [0.25, 0.3) is 0 Å². The molecule has 0 amide bonds. The van der Waals surface area contributed by atoms with E-state index in [0.29, 0.717) is 11.3 Å². The van der Waals surface area contributed by atoms with Crippen molar-refractivity contribution in [3.8, 4) is 5.75 Å². The average Bonchev–Trinajstić information content (AvgIpc) is 2.72. The first kappa shape index (κ1) is 19.2. The normalized spacial score (nSPS) is 14.1. The van der Waals surface area contributed by atoms with Gasteiger partial charge in [0.15, 0.2) is 5.78 Å². The number of methoxy groups -OCH3 is 1. The quantitative estimate of drug-likeness (QED) is 0.523. The molecule has 0 heterocycles. The number of benzene rings is 3. The number of hydrogen-bond donors (Lipinski definition) is 2. The first-order valence-electron chi connectivity index (χ1n) is 8.55. The third-order valence-electron chi connectivity index (χ3n) is 4.09. The summed E-state index contributed by atoms with van der Waals surface area (Å²) in [5.74, 6) is -0.232. The molecule has 0 aromatic heterocycles. The van der Waals surface area contributed by atoms with Crippen molar-refractivity contribution in [3.63, 3.8) is 0 Å². The number of nitrogens with one attached hydrogen (secondary N) is 1. The lowest BCUT2D eigenvalue weighted by Crippen LogP contribution is -2.13. The van der Waals surface area contributed by atoms with E-state index < -0.39 is 13.4 Å². The first-order chi connectivity index (χ1) is 13.1. The molecule has 0 saturated carbocycles. The molecule has 3 aromatic rings. The minimum atomic E-state index is -4.03. The zero-order valence-corrected chi connectivity index (χ0v) is 15.9. The highest BCUT2D eigenvalue weighted by Gasteiger charge is 2.34. The zero-order valence-electron chi connectivity index (χ0n) is 15.0. The predicted molar refractivity (Wildman–Crippen MR) is 107 cm³/mol. The van der Waals surface area contributed by atoms with Crippen LogP contribution in [0.4, 0.5) is 5.69 Å². The summed E-state index contributed by atoms with van der Waals surface area (Å²) < 4.78 is 23.7. The monoisotopic (exact) mass is 383 g/mol. The summed E-state index contributed by atoms with van der Waals surface area (Å²) in [7, 11) is -2.45. The SMILES string of the molecule is COc1ccc(C(Nc2ccccc2)P(=O)(O)OCc2ccccc2)cc1. The predicted octanol–water partition coefficient (Wildman–Crippen LogP) is 5.21. The summed E-state index contributed by atoms with van der Waals surface area (Å²) in [5, 5.41) is 3.13. The van der Waals surface area contributed by atoms with Gasteiger partial charge in [-0.2, -0.15) is 0 Å². The zero-order chi connectivity index (χ0) is 19.1. The second-order valence-electron chi connectivity index (χ2n) is 6.01. The molecule has 0 aliphatic rings. The average molecular weight is 383 g/mol. The first-order valence-corrected chi connectivity index (χ1v) is 10.2. The molecule has 6 heteroatoms. The molecule has 0 fully saturated rings. The van der Waals surface area contributed by atoms with Crippen molar-refractivity contribution in [1.82, 2.24) is 0 Å². The molecule has 0 radical (unpaired) electrons. The second-order valence-corrected chi connectivity index (χ2v) is 7.91. The van der Waals surface area contributed by atoms with E-state index >= 15 is 0 Å². The Kier molecular flexibility index (Phi) is 6.30. The van der Waals surface area contributed by atoms with Crippen LogP contribution in [0.1, 0.15) is 16.9 Å². The van der Waals surface area contributed by atoms with Crippen LogP contribution in [-0.4, -0.2) is 12.0 Å². The fraction of sp³-hybridized carbons (Fsp3) is 0.143. The highest BCUT2D eigenvalue weighted by atomic mass is 31.2. The molecule has 0 spiro atoms. The molecule has 0 bridgehead atoms. The number of ether oxygens (including phenoxy) is 1. The number of rotatable bonds is 8. The van der Waals surface area contributed by atoms with Crippen molar-refractivity contribution < 1.29 is 18.7 Å². The van der Waals surface area contributed by atoms with Gasteiger partial charge in [-0.15, -0.1) is 0 Å². The third-order valence-corrected chi connectivity index (χ3v) is 5.67. The van der Waals surface area contributed by atoms with E-state index in [1.165, 1.54) is 0 Å². The fourth-order valence-corrected chi connectivity index (χ4v) is 3.99. The van der Waals surface area contributed by atoms with Gasteiger partial charge >= 0.3 is 7.60 Å². The molecule has 2 N–H and O–H groups in total. The maximum Gasteiger partial charge on any atom is 0.355 e. The molecule has 0 saturated heterocycles. The maximum atomic E-state index is 13.1. The third kappa shape index (κ3) is 5.20. The molecule has 2 unspecified atom stereocenters. The summed E-state index contributed by atoms with van der Waals surface area (Å²) in [5.41, 5.74) is 2.20. The number of hydrogen-bond acceptors (Lipinski definition) is 4. The smallest absolute Gasteiger partial charge is 0.355 e. The Morgan fingerprint density at radius 2 is 1.52 bits per heavy atom. The van der Waals surface area contributed by atoms with Crippen LogP contribution in [0.15, 0.2) is 84.9 Å². The molecule has 0 aliphatic heterocycles. The van der Waals surface area contributed by atoms with Crippen LogP contribution >= 0.6 is 7.60 Å². The minimum Gasteiger partial charge on any atom is -0.497 e. The van der Waals surface area contributed by atoms with E-state index in [9.17, 15) is 9.46 Å². The van der Waals surface area contributed by atoms with Crippen molar-refractivity contribution >= 4 is 13.3 Å². The van der Waals surface area contributed by atoms with Gasteiger partial charge in [0.2, 0.25) is 0 Å². The maximum absolute atomic E-state index is 13.1. The van der Waals surface area contributed by atoms with Crippen molar-refractivity contribution in [2.75, 3.05) is 12.4 Å². The van der Waals surface area contributed by atoms with Crippen molar-refractivity contribution in [1.29, 1.82) is 0 Å². The van der Waals surface area contributed by atoms with Crippen LogP contribution in [0, 0.1) is 0 Å². The largest absolute Gasteiger partial charge is 0.497 e. The molecule has 5 nitrogen and oxygen atoms in total. The minimum absolute atomic E-state index is 0.0533. The molecule has 140 valence electrons. The highest BCUT2D eigenvalue weighted by molar-refractivity contribution is 7.53. The summed E-state index contributed by atoms with van der Waals surface area (Å²) >= 11 is 0. The van der Waals surface area contributed by atoms with Crippen LogP contribution < -0.4 is 10.1 Å². The number of para-hydroxylation sites is 1. The van der Waals surface area contributed by atoms with Gasteiger partial charge in [0.1, 0.15) is 5.75 Å². The van der Waals surface area contributed by atoms with Crippen LogP contribution in [0.25, 0.3) is 0 Å². The van der Waals surface area contributed by atoms with Gasteiger partial charge in [-0.05, 0) is 35.4 Å². The molecule has 2 atom stereocenters. The van der Waals surface area contributed by atoms with E-state index in [4.69, 9.17) is 9.26 Å². The Balaban J connectivity index is 1.85. The lowest BCUT2D eigenvalue weighted by Gasteiger charge is -2.25. The fourth-order valence-electron chi connectivity index (χ4n) is 2.65. The van der Waals surface area contributed by atoms with Crippen LogP contribution in [-0.2, 0) is 15.7 Å². The molecule has 27 heavy (non-hydrogen) atoms. The van der Waals surface area contributed by atoms with Gasteiger partial charge in [-0.25, -0.2) is 0 Å². The lowest BCUT2D eigenvalue weighted by molar-refractivity contribution is 0.244. The van der Waals surface area contributed by atoms with Gasteiger partial charge in [0.05, 0.1) is 13.7 Å². The van der Waals surface area contributed by atoms with Crippen LogP contribution in [0.5, 0.6) is 5.75 Å². The molecule has 3 rings (SSSR count). The van der Waals surface area contributed by atoms with E-state index in [1.54, 1.807) is 31.4 Å². The summed E-state index contributed by atoms with van der Waals surface area (Å²) in [4.78, 5) is 10.7. The highest BCUT2D eigenvalue weighted by Crippen LogP contribution is 2.57. The van der Waals surface area contributed by atoms with E-state index in [0.717, 1.165) is 11.3 Å². The van der Waals surface area contributed by atoms with Crippen molar-refractivity contribution in [3.05, 3.63) is 96.1 Å². The molecule has 0 aliphatic carbocycles. The van der Waals surface area contributed by atoms with E-state index in [2.05, 4.69) is 5.32 Å². The van der Waals surface area contributed by atoms with Crippen LogP contribution in [0.3, 0.4) is 0 Å². The van der Waals surface area contributed by atoms with Gasteiger partial charge in [-0.1, -0.05) is 60.7 Å². The summed E-state index contributed by atoms with van der Waals surface area (Å²) in [6.07, 6.45) is 0. The van der Waals surface area contributed by atoms with Gasteiger partial charge < -0.3 is 19.5 Å². The Bertz CT molecular complexity index is 885. The van der Waals surface area contributed by atoms with Gasteiger partial charge in [-0.3, -0.25) is 4.57 Å². The Morgan fingerprint density at radius 3 is 2.11 bits per heavy atom. The number of anilines is 1. The van der Waals surface area contributed by atoms with E-state index in [-0.39, 0.29) is 6.61 Å². The Labute approximate surface area is 159 Å². The molecule has 3 aromatic carbocycles. The van der Waals surface area contributed by atoms with Crippen molar-refractivity contribution in [2.24, 2.45) is 0 Å². The summed E-state index contributed by atoms with van der Waals surface area (Å²) in [6, 6.07) is 25.6.